The smallest absolute Gasteiger partial charge is 0.293 e. The van der Waals surface area contributed by atoms with Crippen LogP contribution < -0.4 is 0 Å². The molecule has 0 spiro atoms. The number of allylic oxidation sites excluding steroid dienone is 1. The zero-order valence-corrected chi connectivity index (χ0v) is 9.99. The average Bonchev–Trinajstić information content (AvgIpc) is 2.16. The maximum absolute atomic E-state index is 10.0. The Morgan fingerprint density at radius 2 is 2.19 bits per heavy atom. The number of rotatable bonds is 5. The average molecular weight is 219 g/mol. The lowest BCUT2D eigenvalue weighted by atomic mass is 10.1. The summed E-state index contributed by atoms with van der Waals surface area (Å²) in [6.07, 6.45) is 2.70. The molecule has 0 amide bonds. The highest BCUT2D eigenvalue weighted by molar-refractivity contribution is 5.49. The van der Waals surface area contributed by atoms with Crippen LogP contribution in [-0.4, -0.2) is 18.1 Å². The van der Waals surface area contributed by atoms with Crippen LogP contribution in [0.2, 0.25) is 0 Å². The van der Waals surface area contributed by atoms with E-state index in [4.69, 9.17) is 0 Å². The van der Waals surface area contributed by atoms with Gasteiger partial charge in [-0.05, 0) is 44.5 Å². The van der Waals surface area contributed by atoms with Gasteiger partial charge in [0.2, 0.25) is 0 Å². The monoisotopic (exact) mass is 219 g/mol. The minimum Gasteiger partial charge on any atom is -0.467 e. The quantitative estimate of drug-likeness (QED) is 0.564. The van der Waals surface area contributed by atoms with Crippen LogP contribution in [-0.2, 0) is 16.0 Å². The zero-order chi connectivity index (χ0) is 12.0. The minimum atomic E-state index is 0.383. The van der Waals surface area contributed by atoms with Gasteiger partial charge in [0, 0.05) is 12.1 Å². The highest BCUT2D eigenvalue weighted by Gasteiger charge is 1.99. The van der Waals surface area contributed by atoms with Crippen molar-refractivity contribution in [2.45, 2.75) is 27.2 Å². The molecule has 1 rings (SSSR count). The van der Waals surface area contributed by atoms with Gasteiger partial charge in [-0.1, -0.05) is 5.57 Å². The molecule has 0 aliphatic heterocycles. The summed E-state index contributed by atoms with van der Waals surface area (Å²) in [5.74, 6) is 0. The first-order valence-corrected chi connectivity index (χ1v) is 5.29. The number of hydrogen-bond donors (Lipinski definition) is 0. The number of carbonyl (C=O) groups excluding carboxylic acids is 1. The molecule has 0 aliphatic carbocycles. The lowest BCUT2D eigenvalue weighted by Crippen LogP contribution is -2.00. The molecule has 1 aromatic heterocycles. The Morgan fingerprint density at radius 1 is 1.44 bits per heavy atom. The molecule has 3 heteroatoms. The minimum absolute atomic E-state index is 0.383. The van der Waals surface area contributed by atoms with E-state index in [-0.39, 0.29) is 0 Å². The predicted molar refractivity (Wildman–Crippen MR) is 64.0 cm³/mol. The molecule has 0 N–H and O–H groups in total. The van der Waals surface area contributed by atoms with Gasteiger partial charge >= 0.3 is 0 Å². The molecule has 0 aliphatic rings. The van der Waals surface area contributed by atoms with Gasteiger partial charge in [-0.3, -0.25) is 9.78 Å². The van der Waals surface area contributed by atoms with Crippen molar-refractivity contribution in [2.24, 2.45) is 0 Å². The number of pyridine rings is 1. The lowest BCUT2D eigenvalue weighted by Gasteiger charge is -2.04. The van der Waals surface area contributed by atoms with Gasteiger partial charge in [0.1, 0.15) is 0 Å². The molecule has 0 fully saturated rings. The van der Waals surface area contributed by atoms with Gasteiger partial charge in [0.15, 0.2) is 0 Å². The number of ether oxygens (including phenoxy) is 1. The van der Waals surface area contributed by atoms with Gasteiger partial charge in [-0.25, -0.2) is 0 Å². The third-order valence-corrected chi connectivity index (χ3v) is 2.02. The highest BCUT2D eigenvalue weighted by atomic mass is 16.5. The fourth-order valence-electron chi connectivity index (χ4n) is 1.48. The van der Waals surface area contributed by atoms with E-state index in [0.717, 1.165) is 11.4 Å². The van der Waals surface area contributed by atoms with E-state index in [1.165, 1.54) is 11.1 Å². The second kappa shape index (κ2) is 6.05. The summed E-state index contributed by atoms with van der Waals surface area (Å²) in [6, 6.07) is 4.05. The summed E-state index contributed by atoms with van der Waals surface area (Å²) in [6.45, 7) is 6.97. The van der Waals surface area contributed by atoms with Gasteiger partial charge in [-0.2, -0.15) is 0 Å². The Kier molecular flexibility index (Phi) is 4.70. The molecule has 0 atom stereocenters. The summed E-state index contributed by atoms with van der Waals surface area (Å²) >= 11 is 0. The molecule has 0 saturated heterocycles. The zero-order valence-electron chi connectivity index (χ0n) is 9.99. The fourth-order valence-corrected chi connectivity index (χ4v) is 1.48. The van der Waals surface area contributed by atoms with Gasteiger partial charge in [0.05, 0.1) is 12.3 Å². The molecule has 0 unspecified atom stereocenters. The molecule has 0 bridgehead atoms. The van der Waals surface area contributed by atoms with Crippen molar-refractivity contribution in [2.75, 3.05) is 6.61 Å². The van der Waals surface area contributed by atoms with Crippen LogP contribution >= 0.6 is 0 Å². The van der Waals surface area contributed by atoms with Gasteiger partial charge < -0.3 is 4.74 Å². The molecular weight excluding hydrogens is 202 g/mol. The molecule has 1 heterocycles. The van der Waals surface area contributed by atoms with Crippen molar-refractivity contribution in [1.29, 1.82) is 0 Å². The number of aryl methyl sites for hydroxylation is 1. The van der Waals surface area contributed by atoms with E-state index >= 15 is 0 Å². The van der Waals surface area contributed by atoms with Crippen LogP contribution in [0.5, 0.6) is 0 Å². The van der Waals surface area contributed by atoms with Crippen LogP contribution in [0.25, 0.3) is 6.08 Å². The number of carbonyl (C=O) groups is 1. The van der Waals surface area contributed by atoms with E-state index in [0.29, 0.717) is 19.5 Å². The Bertz CT molecular complexity index is 393. The van der Waals surface area contributed by atoms with Gasteiger partial charge in [0.25, 0.3) is 6.47 Å². The van der Waals surface area contributed by atoms with Crippen LogP contribution in [0, 0.1) is 6.92 Å². The highest BCUT2D eigenvalue weighted by Crippen LogP contribution is 2.09. The maximum Gasteiger partial charge on any atom is 0.293 e. The van der Waals surface area contributed by atoms with E-state index in [9.17, 15) is 4.79 Å². The summed E-state index contributed by atoms with van der Waals surface area (Å²) in [4.78, 5) is 14.5. The number of aromatic nitrogens is 1. The second-order valence-electron chi connectivity index (χ2n) is 4.00. The Labute approximate surface area is 96.2 Å². The first-order valence-electron chi connectivity index (χ1n) is 5.29. The topological polar surface area (TPSA) is 39.2 Å². The van der Waals surface area contributed by atoms with Crippen molar-refractivity contribution in [3.05, 3.63) is 34.7 Å². The van der Waals surface area contributed by atoms with Crippen molar-refractivity contribution >= 4 is 12.5 Å². The summed E-state index contributed by atoms with van der Waals surface area (Å²) in [7, 11) is 0. The summed E-state index contributed by atoms with van der Waals surface area (Å²) < 4.78 is 4.66. The molecule has 3 nitrogen and oxygen atoms in total. The third kappa shape index (κ3) is 4.26. The van der Waals surface area contributed by atoms with Crippen LogP contribution in [0.3, 0.4) is 0 Å². The first-order chi connectivity index (χ1) is 7.61. The Hall–Kier alpha value is -1.64. The van der Waals surface area contributed by atoms with E-state index in [1.807, 2.05) is 39.0 Å². The molecular formula is C13H17NO2. The molecule has 16 heavy (non-hydrogen) atoms. The van der Waals surface area contributed by atoms with Crippen molar-refractivity contribution < 1.29 is 9.53 Å². The van der Waals surface area contributed by atoms with Crippen LogP contribution in [0.15, 0.2) is 17.7 Å². The number of hydrogen-bond acceptors (Lipinski definition) is 3. The van der Waals surface area contributed by atoms with Crippen molar-refractivity contribution in [3.63, 3.8) is 0 Å². The maximum atomic E-state index is 10.0. The third-order valence-electron chi connectivity index (χ3n) is 2.02. The predicted octanol–water partition coefficient (Wildman–Crippen LogP) is 2.53. The van der Waals surface area contributed by atoms with Crippen molar-refractivity contribution in [1.82, 2.24) is 4.98 Å². The van der Waals surface area contributed by atoms with E-state index in [1.54, 1.807) is 0 Å². The number of nitrogens with zero attached hydrogens (tertiary/aromatic N) is 1. The molecule has 1 aromatic rings. The van der Waals surface area contributed by atoms with E-state index < -0.39 is 0 Å². The van der Waals surface area contributed by atoms with E-state index in [2.05, 4.69) is 9.72 Å². The van der Waals surface area contributed by atoms with Crippen LogP contribution in [0.1, 0.15) is 30.8 Å². The lowest BCUT2D eigenvalue weighted by molar-refractivity contribution is -0.128. The second-order valence-corrected chi connectivity index (χ2v) is 4.00. The SMILES string of the molecule is CC(C)=Cc1cc(C)cc(CCOC=O)n1. The Morgan fingerprint density at radius 3 is 2.81 bits per heavy atom. The standard InChI is InChI=1S/C13H17NO2/c1-10(2)6-13-8-11(3)7-12(14-13)4-5-16-9-15/h6-9H,4-5H2,1-3H3. The van der Waals surface area contributed by atoms with Crippen LogP contribution in [0.4, 0.5) is 0 Å². The molecule has 86 valence electrons. The first kappa shape index (κ1) is 12.4. The summed E-state index contributed by atoms with van der Waals surface area (Å²) in [5.41, 5.74) is 4.30. The fraction of sp³-hybridized carbons (Fsp3) is 0.385. The van der Waals surface area contributed by atoms with Crippen molar-refractivity contribution in [3.8, 4) is 0 Å². The normalized spacial score (nSPS) is 9.69. The largest absolute Gasteiger partial charge is 0.467 e. The summed E-state index contributed by atoms with van der Waals surface area (Å²) in [5, 5.41) is 0. The Balaban J connectivity index is 2.81. The van der Waals surface area contributed by atoms with Gasteiger partial charge in [-0.15, -0.1) is 0 Å². The molecule has 0 radical (unpaired) electrons. The molecule has 0 saturated carbocycles. The molecule has 0 aromatic carbocycles.